The third-order valence-corrected chi connectivity index (χ3v) is 7.00. The number of aryl methyl sites for hydroxylation is 2. The SMILES string of the molecule is C=c1cnc(NC)n/c1=C(/N=C\C)Nc1ccc(Cc2ccc3c(c2)ncn3C)c(C)c1.CC1CCCC1. The van der Waals surface area contributed by atoms with Gasteiger partial charge in [-0.2, -0.15) is 0 Å². The van der Waals surface area contributed by atoms with E-state index in [1.807, 2.05) is 24.9 Å². The number of hydrogen-bond acceptors (Lipinski definition) is 6. The van der Waals surface area contributed by atoms with Gasteiger partial charge in [0.15, 0.2) is 5.82 Å². The maximum atomic E-state index is 4.52. The number of imidazole rings is 1. The van der Waals surface area contributed by atoms with Crippen LogP contribution in [0.3, 0.4) is 0 Å². The lowest BCUT2D eigenvalue weighted by Gasteiger charge is -2.12. The van der Waals surface area contributed by atoms with E-state index in [9.17, 15) is 0 Å². The smallest absolute Gasteiger partial charge is 0.223 e. The Morgan fingerprint density at radius 1 is 1.16 bits per heavy atom. The van der Waals surface area contributed by atoms with Gasteiger partial charge in [0, 0.05) is 37.4 Å². The molecule has 7 nitrogen and oxygen atoms in total. The van der Waals surface area contributed by atoms with E-state index in [1.165, 1.54) is 42.4 Å². The van der Waals surface area contributed by atoms with Gasteiger partial charge in [-0.05, 0) is 67.1 Å². The predicted octanol–water partition coefficient (Wildman–Crippen LogP) is 5.18. The first kappa shape index (κ1) is 27.0. The molecule has 4 aromatic rings. The molecule has 1 aliphatic carbocycles. The molecule has 0 bridgehead atoms. The van der Waals surface area contributed by atoms with E-state index in [-0.39, 0.29) is 0 Å². The molecule has 0 saturated heterocycles. The van der Waals surface area contributed by atoms with Gasteiger partial charge in [-0.15, -0.1) is 0 Å². The van der Waals surface area contributed by atoms with Gasteiger partial charge in [0.25, 0.3) is 0 Å². The first-order valence-electron chi connectivity index (χ1n) is 13.4. The van der Waals surface area contributed by atoms with Gasteiger partial charge in [0.2, 0.25) is 5.95 Å². The van der Waals surface area contributed by atoms with Gasteiger partial charge in [0.05, 0.1) is 17.4 Å². The molecule has 1 saturated carbocycles. The minimum absolute atomic E-state index is 0.523. The fraction of sp³-hybridized carbons (Fsp3) is 0.355. The summed E-state index contributed by atoms with van der Waals surface area (Å²) in [6, 6.07) is 12.8. The monoisotopic (exact) mass is 509 g/mol. The van der Waals surface area contributed by atoms with E-state index in [1.54, 1.807) is 19.5 Å². The van der Waals surface area contributed by atoms with Crippen molar-refractivity contribution >= 4 is 41.3 Å². The largest absolute Gasteiger partial charge is 0.357 e. The second-order valence-corrected chi connectivity index (χ2v) is 10.1. The molecule has 7 heteroatoms. The summed E-state index contributed by atoms with van der Waals surface area (Å²) in [5.74, 6) is 2.20. The van der Waals surface area contributed by atoms with Crippen LogP contribution in [0.4, 0.5) is 11.6 Å². The highest BCUT2D eigenvalue weighted by atomic mass is 15.1. The molecular weight excluding hydrogens is 470 g/mol. The number of aliphatic imine (C=N–C) groups is 1. The van der Waals surface area contributed by atoms with Crippen LogP contribution in [0.2, 0.25) is 0 Å². The maximum Gasteiger partial charge on any atom is 0.223 e. The number of fused-ring (bicyclic) bond motifs is 1. The lowest BCUT2D eigenvalue weighted by Crippen LogP contribution is -2.32. The third-order valence-electron chi connectivity index (χ3n) is 7.00. The van der Waals surface area contributed by atoms with Crippen LogP contribution in [0.5, 0.6) is 0 Å². The van der Waals surface area contributed by atoms with E-state index in [2.05, 4.69) is 87.4 Å². The zero-order valence-electron chi connectivity index (χ0n) is 23.3. The van der Waals surface area contributed by atoms with Crippen LogP contribution in [-0.2, 0) is 13.5 Å². The van der Waals surface area contributed by atoms with Crippen molar-refractivity contribution in [2.24, 2.45) is 18.0 Å². The summed E-state index contributed by atoms with van der Waals surface area (Å²) in [4.78, 5) is 17.7. The standard InChI is InChI=1S/C25H27N7.C6H12/c1-6-27-24(23-17(3)14-28-25(26-4)31-23)30-20-9-8-19(16(2)11-20)12-18-7-10-22-21(13-18)29-15-32(22)5;1-6-4-2-3-5-6/h6-11,13-15,30H,3,12H2,1-2,4-5H3,(H,26,31);6H,2-5H2,1H3/b24-23-,27-6-;. The summed E-state index contributed by atoms with van der Waals surface area (Å²) in [6.45, 7) is 10.4. The number of nitrogens with zero attached hydrogens (tertiary/aromatic N) is 5. The van der Waals surface area contributed by atoms with Gasteiger partial charge in [0.1, 0.15) is 5.35 Å². The summed E-state index contributed by atoms with van der Waals surface area (Å²) in [7, 11) is 3.79. The molecule has 1 fully saturated rings. The van der Waals surface area contributed by atoms with Crippen LogP contribution in [0.15, 0.2) is 53.9 Å². The average Bonchev–Trinajstić information content (AvgIpc) is 3.54. The van der Waals surface area contributed by atoms with Crippen LogP contribution < -0.4 is 21.2 Å². The Bertz CT molecular complexity index is 1530. The molecule has 5 rings (SSSR count). The molecule has 198 valence electrons. The van der Waals surface area contributed by atoms with Crippen molar-refractivity contribution in [3.05, 3.63) is 76.2 Å². The van der Waals surface area contributed by atoms with E-state index in [4.69, 9.17) is 0 Å². The van der Waals surface area contributed by atoms with E-state index in [0.717, 1.165) is 29.1 Å². The Labute approximate surface area is 225 Å². The van der Waals surface area contributed by atoms with Crippen molar-refractivity contribution in [1.29, 1.82) is 0 Å². The summed E-state index contributed by atoms with van der Waals surface area (Å²) < 4.78 is 2.03. The summed E-state index contributed by atoms with van der Waals surface area (Å²) >= 11 is 0. The van der Waals surface area contributed by atoms with Crippen LogP contribution in [0.1, 0.15) is 56.2 Å². The van der Waals surface area contributed by atoms with Gasteiger partial charge in [-0.3, -0.25) is 0 Å². The molecule has 0 unspecified atom stereocenters. The number of nitrogens with one attached hydrogen (secondary N) is 2. The predicted molar refractivity (Wildman–Crippen MR) is 160 cm³/mol. The lowest BCUT2D eigenvalue weighted by molar-refractivity contribution is 0.612. The lowest BCUT2D eigenvalue weighted by atomic mass is 9.99. The van der Waals surface area contributed by atoms with Gasteiger partial charge in [-0.25, -0.2) is 19.9 Å². The first-order chi connectivity index (χ1) is 18.4. The third kappa shape index (κ3) is 6.65. The Kier molecular flexibility index (Phi) is 8.89. The van der Waals surface area contributed by atoms with Crippen molar-refractivity contribution in [1.82, 2.24) is 19.5 Å². The van der Waals surface area contributed by atoms with E-state index < -0.39 is 0 Å². The molecule has 2 N–H and O–H groups in total. The summed E-state index contributed by atoms with van der Waals surface area (Å²) in [5, 5.41) is 7.72. The topological polar surface area (TPSA) is 80.0 Å². The highest BCUT2D eigenvalue weighted by molar-refractivity contribution is 5.76. The Morgan fingerprint density at radius 3 is 2.61 bits per heavy atom. The minimum atomic E-state index is 0.523. The van der Waals surface area contributed by atoms with Gasteiger partial charge < -0.3 is 15.2 Å². The van der Waals surface area contributed by atoms with Crippen molar-refractivity contribution in [2.45, 2.75) is 52.9 Å². The normalized spacial score (nSPS) is 14.4. The molecule has 0 atom stereocenters. The van der Waals surface area contributed by atoms with Crippen LogP contribution in [-0.4, -0.2) is 32.8 Å². The summed E-state index contributed by atoms with van der Waals surface area (Å²) in [6.07, 6.45) is 12.1. The maximum absolute atomic E-state index is 4.52. The minimum Gasteiger partial charge on any atom is -0.357 e. The number of rotatable bonds is 6. The molecule has 0 amide bonds. The highest BCUT2D eigenvalue weighted by Crippen LogP contribution is 2.23. The zero-order valence-corrected chi connectivity index (χ0v) is 23.3. The highest BCUT2D eigenvalue weighted by Gasteiger charge is 2.08. The Balaban J connectivity index is 0.000000494. The van der Waals surface area contributed by atoms with Gasteiger partial charge in [-0.1, -0.05) is 51.3 Å². The fourth-order valence-corrected chi connectivity index (χ4v) is 4.76. The Hall–Kier alpha value is -4.00. The molecule has 2 heterocycles. The van der Waals surface area contributed by atoms with Gasteiger partial charge >= 0.3 is 0 Å². The number of anilines is 2. The average molecular weight is 510 g/mol. The van der Waals surface area contributed by atoms with Crippen molar-refractivity contribution in [2.75, 3.05) is 17.7 Å². The molecule has 38 heavy (non-hydrogen) atoms. The molecular formula is C31H39N7. The number of hydrogen-bond donors (Lipinski definition) is 2. The number of benzene rings is 2. The summed E-state index contributed by atoms with van der Waals surface area (Å²) in [5.41, 5.74) is 6.81. The molecule has 2 aromatic carbocycles. The van der Waals surface area contributed by atoms with Crippen LogP contribution in [0.25, 0.3) is 23.4 Å². The van der Waals surface area contributed by atoms with Crippen LogP contribution in [0, 0.1) is 12.8 Å². The van der Waals surface area contributed by atoms with Crippen molar-refractivity contribution in [3.63, 3.8) is 0 Å². The Morgan fingerprint density at radius 2 is 1.95 bits per heavy atom. The zero-order chi connectivity index (χ0) is 27.1. The number of aromatic nitrogens is 4. The molecule has 0 spiro atoms. The first-order valence-corrected chi connectivity index (χ1v) is 13.4. The fourth-order valence-electron chi connectivity index (χ4n) is 4.76. The second-order valence-electron chi connectivity index (χ2n) is 10.1. The molecule has 0 radical (unpaired) electrons. The molecule has 2 aromatic heterocycles. The van der Waals surface area contributed by atoms with Crippen molar-refractivity contribution < 1.29 is 0 Å². The van der Waals surface area contributed by atoms with E-state index >= 15 is 0 Å². The van der Waals surface area contributed by atoms with Crippen molar-refractivity contribution in [3.8, 4) is 0 Å². The van der Waals surface area contributed by atoms with Crippen LogP contribution >= 0.6 is 0 Å². The van der Waals surface area contributed by atoms with E-state index in [0.29, 0.717) is 22.3 Å². The molecule has 1 aliphatic rings. The molecule has 0 aliphatic heterocycles. The second kappa shape index (κ2) is 12.5. The quantitative estimate of drug-likeness (QED) is 0.350.